The molecule has 2 N–H and O–H groups in total. The predicted molar refractivity (Wildman–Crippen MR) is 68.2 cm³/mol. The standard InChI is InChI=1S/C14H25NO/c1-2-8-13(11-15)14(16)12-9-6-4-3-5-7-10-12/h9,13H,2-8,10-11,15H2,1H3. The first-order valence-corrected chi connectivity index (χ1v) is 6.73. The summed E-state index contributed by atoms with van der Waals surface area (Å²) in [6, 6.07) is 0. The lowest BCUT2D eigenvalue weighted by Crippen LogP contribution is -2.25. The van der Waals surface area contributed by atoms with Gasteiger partial charge in [-0.05, 0) is 37.7 Å². The summed E-state index contributed by atoms with van der Waals surface area (Å²) in [5.41, 5.74) is 6.75. The van der Waals surface area contributed by atoms with Crippen LogP contribution in [0.4, 0.5) is 0 Å². The largest absolute Gasteiger partial charge is 0.330 e. The number of allylic oxidation sites excluding steroid dienone is 2. The molecule has 0 saturated heterocycles. The number of hydrogen-bond donors (Lipinski definition) is 1. The van der Waals surface area contributed by atoms with E-state index in [1.807, 2.05) is 0 Å². The van der Waals surface area contributed by atoms with E-state index in [1.54, 1.807) is 0 Å². The minimum absolute atomic E-state index is 0.0654. The number of Topliss-reactive ketones (excluding diaryl/α,β-unsaturated/α-hetero) is 1. The van der Waals surface area contributed by atoms with E-state index in [0.717, 1.165) is 31.3 Å². The van der Waals surface area contributed by atoms with Crippen LogP contribution in [0, 0.1) is 5.92 Å². The minimum atomic E-state index is 0.0654. The highest BCUT2D eigenvalue weighted by molar-refractivity contribution is 5.97. The Labute approximate surface area is 99.3 Å². The number of hydrogen-bond acceptors (Lipinski definition) is 2. The molecule has 1 rings (SSSR count). The highest BCUT2D eigenvalue weighted by atomic mass is 16.1. The molecular formula is C14H25NO. The van der Waals surface area contributed by atoms with Crippen molar-refractivity contribution in [3.63, 3.8) is 0 Å². The van der Waals surface area contributed by atoms with Gasteiger partial charge in [-0.1, -0.05) is 32.3 Å². The third-order valence-corrected chi connectivity index (χ3v) is 3.40. The van der Waals surface area contributed by atoms with Gasteiger partial charge in [-0.2, -0.15) is 0 Å². The summed E-state index contributed by atoms with van der Waals surface area (Å²) in [6.07, 6.45) is 11.2. The Hall–Kier alpha value is -0.630. The van der Waals surface area contributed by atoms with Crippen molar-refractivity contribution in [2.45, 2.75) is 58.3 Å². The van der Waals surface area contributed by atoms with Gasteiger partial charge in [-0.3, -0.25) is 4.79 Å². The summed E-state index contributed by atoms with van der Waals surface area (Å²) in [5.74, 6) is 0.391. The van der Waals surface area contributed by atoms with Crippen molar-refractivity contribution in [1.29, 1.82) is 0 Å². The SMILES string of the molecule is CCCC(CN)C(=O)C1=CCCCCCC1. The maximum absolute atomic E-state index is 12.2. The third-order valence-electron chi connectivity index (χ3n) is 3.40. The molecular weight excluding hydrogens is 198 g/mol. The van der Waals surface area contributed by atoms with Gasteiger partial charge in [0, 0.05) is 12.5 Å². The van der Waals surface area contributed by atoms with Crippen LogP contribution in [0.2, 0.25) is 0 Å². The smallest absolute Gasteiger partial charge is 0.162 e. The summed E-state index contributed by atoms with van der Waals surface area (Å²) >= 11 is 0. The van der Waals surface area contributed by atoms with Crippen molar-refractivity contribution in [3.8, 4) is 0 Å². The molecule has 0 radical (unpaired) electrons. The number of ketones is 1. The summed E-state index contributed by atoms with van der Waals surface area (Å²) in [7, 11) is 0. The van der Waals surface area contributed by atoms with E-state index in [9.17, 15) is 4.79 Å². The average Bonchev–Trinajstić information content (AvgIpc) is 2.24. The molecule has 0 bridgehead atoms. The molecule has 92 valence electrons. The zero-order valence-corrected chi connectivity index (χ0v) is 10.5. The van der Waals surface area contributed by atoms with Crippen LogP contribution < -0.4 is 5.73 Å². The second-order valence-electron chi connectivity index (χ2n) is 4.77. The monoisotopic (exact) mass is 223 g/mol. The Balaban J connectivity index is 2.61. The van der Waals surface area contributed by atoms with Crippen molar-refractivity contribution < 1.29 is 4.79 Å². The van der Waals surface area contributed by atoms with Gasteiger partial charge in [0.15, 0.2) is 5.78 Å². The van der Waals surface area contributed by atoms with Crippen molar-refractivity contribution in [1.82, 2.24) is 0 Å². The Morgan fingerprint density at radius 3 is 2.81 bits per heavy atom. The Kier molecular flexibility index (Phi) is 6.39. The predicted octanol–water partition coefficient (Wildman–Crippen LogP) is 3.21. The van der Waals surface area contributed by atoms with E-state index in [1.165, 1.54) is 25.7 Å². The molecule has 0 aliphatic heterocycles. The van der Waals surface area contributed by atoms with E-state index in [0.29, 0.717) is 12.3 Å². The second kappa shape index (κ2) is 7.61. The summed E-state index contributed by atoms with van der Waals surface area (Å²) in [5, 5.41) is 0. The fourth-order valence-electron chi connectivity index (χ4n) is 2.38. The van der Waals surface area contributed by atoms with Gasteiger partial charge in [-0.15, -0.1) is 0 Å². The van der Waals surface area contributed by atoms with Gasteiger partial charge in [0.2, 0.25) is 0 Å². The van der Waals surface area contributed by atoms with Gasteiger partial charge in [0.25, 0.3) is 0 Å². The maximum atomic E-state index is 12.2. The van der Waals surface area contributed by atoms with E-state index >= 15 is 0 Å². The number of nitrogens with two attached hydrogens (primary N) is 1. The zero-order chi connectivity index (χ0) is 11.8. The zero-order valence-electron chi connectivity index (χ0n) is 10.5. The Morgan fingerprint density at radius 2 is 2.12 bits per heavy atom. The molecule has 2 heteroatoms. The molecule has 0 fully saturated rings. The summed E-state index contributed by atoms with van der Waals surface area (Å²) in [6.45, 7) is 2.62. The maximum Gasteiger partial charge on any atom is 0.162 e. The molecule has 0 aromatic heterocycles. The molecule has 2 nitrogen and oxygen atoms in total. The molecule has 16 heavy (non-hydrogen) atoms. The first kappa shape index (κ1) is 13.4. The first-order valence-electron chi connectivity index (χ1n) is 6.73. The van der Waals surface area contributed by atoms with E-state index in [-0.39, 0.29) is 5.92 Å². The van der Waals surface area contributed by atoms with Crippen LogP contribution in [-0.2, 0) is 4.79 Å². The normalized spacial score (nSPS) is 19.5. The van der Waals surface area contributed by atoms with Gasteiger partial charge in [-0.25, -0.2) is 0 Å². The molecule has 1 aliphatic rings. The van der Waals surface area contributed by atoms with Gasteiger partial charge >= 0.3 is 0 Å². The van der Waals surface area contributed by atoms with Crippen LogP contribution in [0.15, 0.2) is 11.6 Å². The van der Waals surface area contributed by atoms with Gasteiger partial charge < -0.3 is 5.73 Å². The van der Waals surface area contributed by atoms with Crippen molar-refractivity contribution in [2.24, 2.45) is 11.7 Å². The molecule has 1 atom stereocenters. The lowest BCUT2D eigenvalue weighted by Gasteiger charge is -2.16. The second-order valence-corrected chi connectivity index (χ2v) is 4.77. The number of carbonyl (C=O) groups is 1. The van der Waals surface area contributed by atoms with Crippen molar-refractivity contribution >= 4 is 5.78 Å². The van der Waals surface area contributed by atoms with Crippen LogP contribution in [-0.4, -0.2) is 12.3 Å². The van der Waals surface area contributed by atoms with Crippen molar-refractivity contribution in [3.05, 3.63) is 11.6 Å². The summed E-state index contributed by atoms with van der Waals surface area (Å²) in [4.78, 5) is 12.2. The molecule has 1 aliphatic carbocycles. The van der Waals surface area contributed by atoms with Crippen molar-refractivity contribution in [2.75, 3.05) is 6.54 Å². The van der Waals surface area contributed by atoms with Crippen LogP contribution in [0.25, 0.3) is 0 Å². The Bertz CT molecular complexity index is 245. The first-order chi connectivity index (χ1) is 7.79. The van der Waals surface area contributed by atoms with Crippen LogP contribution >= 0.6 is 0 Å². The third kappa shape index (κ3) is 4.09. The molecule has 0 amide bonds. The van der Waals surface area contributed by atoms with E-state index < -0.39 is 0 Å². The van der Waals surface area contributed by atoms with Crippen LogP contribution in [0.3, 0.4) is 0 Å². The number of rotatable bonds is 5. The lowest BCUT2D eigenvalue weighted by atomic mass is 9.89. The molecule has 0 aromatic rings. The fourth-order valence-corrected chi connectivity index (χ4v) is 2.38. The minimum Gasteiger partial charge on any atom is -0.330 e. The van der Waals surface area contributed by atoms with Crippen LogP contribution in [0.5, 0.6) is 0 Å². The molecule has 0 spiro atoms. The molecule has 0 heterocycles. The van der Waals surface area contributed by atoms with Gasteiger partial charge in [0.05, 0.1) is 0 Å². The van der Waals surface area contributed by atoms with E-state index in [2.05, 4.69) is 13.0 Å². The molecule has 0 saturated carbocycles. The fraction of sp³-hybridized carbons (Fsp3) is 0.786. The highest BCUT2D eigenvalue weighted by Crippen LogP contribution is 2.21. The quantitative estimate of drug-likeness (QED) is 0.777. The number of carbonyl (C=O) groups excluding carboxylic acids is 1. The summed E-state index contributed by atoms with van der Waals surface area (Å²) < 4.78 is 0. The molecule has 1 unspecified atom stereocenters. The van der Waals surface area contributed by atoms with E-state index in [4.69, 9.17) is 5.73 Å². The Morgan fingerprint density at radius 1 is 1.38 bits per heavy atom. The average molecular weight is 223 g/mol. The van der Waals surface area contributed by atoms with Gasteiger partial charge in [0.1, 0.15) is 0 Å². The lowest BCUT2D eigenvalue weighted by molar-refractivity contribution is -0.119. The topological polar surface area (TPSA) is 43.1 Å². The highest BCUT2D eigenvalue weighted by Gasteiger charge is 2.19. The molecule has 0 aromatic carbocycles. The van der Waals surface area contributed by atoms with Crippen LogP contribution in [0.1, 0.15) is 58.3 Å².